The standard InChI is InChI=1S/C63H72ClN9O11S/c1-37(2)83-55-7-5-4-6-45(55)54-34-70(49-14-25-81-59-38(3)26-41(64)28-47(49)59)20-21-71(54)43-32-63(33-43)15-18-69(19-16-63)42-8-9-46(51(29-42)72-50-13-24-80-36-57(50)84-62-53(72)27-40-10-17-65-60(40)67-62)61(74)68-85(77,78)44-30-52(73(75)76)58-56(31-44)82-35-48(66-58)39-11-22-79-23-12-39/h4-10,17,26-31,37,39,43,48-50,54,57,66H,11-16,18-25,32-36H2,1-3H3,(H,65,67)(H,68,74)/t48-,49-,50-,54-,57-/m0/s1. The summed E-state index contributed by atoms with van der Waals surface area (Å²) in [6.07, 6.45) is 8.49. The number of pyridine rings is 1. The van der Waals surface area contributed by atoms with E-state index in [2.05, 4.69) is 85.7 Å². The molecule has 0 radical (unpaired) electrons. The summed E-state index contributed by atoms with van der Waals surface area (Å²) in [5.41, 5.74) is 5.98. The molecule has 1 amide bonds. The van der Waals surface area contributed by atoms with Crippen LogP contribution < -0.4 is 38.8 Å². The molecule has 0 unspecified atom stereocenters. The number of anilines is 4. The number of rotatable bonds is 12. The van der Waals surface area contributed by atoms with Crippen LogP contribution in [-0.2, 0) is 19.5 Å². The number of piperazine rings is 1. The summed E-state index contributed by atoms with van der Waals surface area (Å²) in [7, 11) is -4.72. The molecule has 0 bridgehead atoms. The van der Waals surface area contributed by atoms with Gasteiger partial charge in [-0.2, -0.15) is 4.98 Å². The lowest BCUT2D eigenvalue weighted by atomic mass is 9.59. The van der Waals surface area contributed by atoms with Gasteiger partial charge in [-0.15, -0.1) is 0 Å². The van der Waals surface area contributed by atoms with Gasteiger partial charge in [-0.1, -0.05) is 29.8 Å². The summed E-state index contributed by atoms with van der Waals surface area (Å²) in [5.74, 6) is 1.53. The van der Waals surface area contributed by atoms with E-state index >= 15 is 0 Å². The highest BCUT2D eigenvalue weighted by Gasteiger charge is 2.51. The lowest BCUT2D eigenvalue weighted by Gasteiger charge is -2.59. The highest BCUT2D eigenvalue weighted by atomic mass is 35.5. The van der Waals surface area contributed by atoms with Crippen LogP contribution in [0.5, 0.6) is 23.1 Å². The normalized spacial score (nSPS) is 24.4. The molecular formula is C63H72ClN9O11S. The van der Waals surface area contributed by atoms with Crippen molar-refractivity contribution in [2.45, 2.75) is 119 Å². The number of amides is 1. The number of aromatic amines is 1. The number of nitro benzene ring substituents is 1. The van der Waals surface area contributed by atoms with Gasteiger partial charge in [0, 0.05) is 117 Å². The molecule has 20 nitrogen and oxygen atoms in total. The maximum absolute atomic E-state index is 15.0. The zero-order valence-corrected chi connectivity index (χ0v) is 49.7. The number of hydrogen-bond donors (Lipinski definition) is 3. The van der Waals surface area contributed by atoms with Crippen LogP contribution in [0, 0.1) is 28.4 Å². The van der Waals surface area contributed by atoms with Crippen molar-refractivity contribution in [1.82, 2.24) is 24.5 Å². The maximum atomic E-state index is 15.0. The van der Waals surface area contributed by atoms with Crippen LogP contribution in [0.15, 0.2) is 90.0 Å². The number of nitrogens with one attached hydrogen (secondary N) is 3. The van der Waals surface area contributed by atoms with E-state index in [0.29, 0.717) is 61.8 Å². The second-order valence-electron chi connectivity index (χ2n) is 24.7. The third kappa shape index (κ3) is 10.5. The molecule has 448 valence electrons. The first kappa shape index (κ1) is 56.0. The van der Waals surface area contributed by atoms with Crippen LogP contribution in [0.3, 0.4) is 0 Å². The predicted molar refractivity (Wildman–Crippen MR) is 322 cm³/mol. The highest BCUT2D eigenvalue weighted by molar-refractivity contribution is 7.90. The van der Waals surface area contributed by atoms with Crippen LogP contribution in [0.2, 0.25) is 5.02 Å². The van der Waals surface area contributed by atoms with Crippen molar-refractivity contribution < 1.29 is 46.6 Å². The zero-order chi connectivity index (χ0) is 58.3. The van der Waals surface area contributed by atoms with Gasteiger partial charge in [0.2, 0.25) is 5.88 Å². The Bertz CT molecular complexity index is 3680. The average molecular weight is 1200 g/mol. The fourth-order valence-corrected chi connectivity index (χ4v) is 16.3. The van der Waals surface area contributed by atoms with Gasteiger partial charge in [0.1, 0.15) is 35.5 Å². The number of nitrogens with zero attached hydrogens (tertiary/aromatic N) is 6. The Morgan fingerprint density at radius 3 is 2.51 bits per heavy atom. The summed E-state index contributed by atoms with van der Waals surface area (Å²) in [4.78, 5) is 44.4. The lowest BCUT2D eigenvalue weighted by molar-refractivity contribution is -0.384. The minimum Gasteiger partial charge on any atom is -0.493 e. The van der Waals surface area contributed by atoms with Crippen molar-refractivity contribution in [3.63, 3.8) is 0 Å². The molecule has 1 saturated carbocycles. The number of piperidine rings is 1. The molecule has 85 heavy (non-hydrogen) atoms. The second-order valence-corrected chi connectivity index (χ2v) is 26.8. The van der Waals surface area contributed by atoms with Gasteiger partial charge in [-0.25, -0.2) is 13.1 Å². The first-order valence-electron chi connectivity index (χ1n) is 30.1. The van der Waals surface area contributed by atoms with Crippen molar-refractivity contribution in [3.8, 4) is 23.1 Å². The molecule has 5 atom stereocenters. The number of H-pyrrole nitrogens is 1. The van der Waals surface area contributed by atoms with Crippen molar-refractivity contribution in [3.05, 3.63) is 122 Å². The number of benzene rings is 4. The SMILES string of the molecule is Cc1cc(Cl)cc2c1OCC[C@@H]2N1CCN(C2CC3(CCN(c4ccc(C(=O)NS(=O)(=O)c5cc6c(c([N+](=O)[O-])c5)N[C@H](C5CCOCC5)CO6)c(N5c6cc7cc[nH]c7nc6O[C@H]6COCC[C@@H]65)c4)CC3)C2)[C@H](c2ccccc2OC(C)C)C1. The van der Waals surface area contributed by atoms with Gasteiger partial charge in [0.05, 0.1) is 58.5 Å². The fraction of sp³-hybridized carbons (Fsp3) is 0.492. The fourth-order valence-electron chi connectivity index (χ4n) is 15.0. The number of aryl methyl sites for hydroxylation is 1. The van der Waals surface area contributed by atoms with Crippen LogP contribution in [-0.4, -0.2) is 142 Å². The number of aromatic nitrogens is 2. The number of sulfonamides is 1. The van der Waals surface area contributed by atoms with E-state index in [1.807, 2.05) is 36.5 Å². The Labute approximate surface area is 499 Å². The number of ether oxygens (including phenoxy) is 6. The van der Waals surface area contributed by atoms with E-state index in [1.165, 1.54) is 17.2 Å². The molecule has 8 aliphatic rings. The van der Waals surface area contributed by atoms with Gasteiger partial charge < -0.3 is 48.5 Å². The maximum Gasteiger partial charge on any atom is 0.297 e. The van der Waals surface area contributed by atoms with Crippen LogP contribution in [0.1, 0.15) is 104 Å². The molecule has 4 aromatic carbocycles. The summed E-state index contributed by atoms with van der Waals surface area (Å²) in [5, 5.41) is 17.5. The number of halogens is 1. The third-order valence-electron chi connectivity index (χ3n) is 19.3. The molecule has 1 aliphatic carbocycles. The molecule has 9 heterocycles. The predicted octanol–water partition coefficient (Wildman–Crippen LogP) is 10.3. The third-order valence-corrected chi connectivity index (χ3v) is 20.8. The van der Waals surface area contributed by atoms with E-state index in [9.17, 15) is 23.3 Å². The summed E-state index contributed by atoms with van der Waals surface area (Å²) in [6, 6.07) is 24.5. The Morgan fingerprint density at radius 1 is 0.882 bits per heavy atom. The molecule has 4 saturated heterocycles. The number of carbonyl (C=O) groups excluding carboxylic acids is 1. The van der Waals surface area contributed by atoms with Crippen LogP contribution in [0.25, 0.3) is 11.0 Å². The minimum atomic E-state index is -4.72. The monoisotopic (exact) mass is 1200 g/mol. The second kappa shape index (κ2) is 22.4. The highest BCUT2D eigenvalue weighted by Crippen LogP contribution is 2.55. The zero-order valence-electron chi connectivity index (χ0n) is 48.1. The first-order chi connectivity index (χ1) is 41.2. The topological polar surface area (TPSA) is 215 Å². The first-order valence-corrected chi connectivity index (χ1v) is 32.0. The van der Waals surface area contributed by atoms with Crippen molar-refractivity contribution in [2.24, 2.45) is 11.3 Å². The number of fused-ring (bicyclic) bond motifs is 5. The Kier molecular flexibility index (Phi) is 14.8. The summed E-state index contributed by atoms with van der Waals surface area (Å²) in [6.45, 7) is 13.3. The van der Waals surface area contributed by atoms with Crippen molar-refractivity contribution in [1.29, 1.82) is 0 Å². The van der Waals surface area contributed by atoms with Gasteiger partial charge in [0.25, 0.3) is 21.6 Å². The Hall–Kier alpha value is -6.88. The molecule has 1 spiro atoms. The smallest absolute Gasteiger partial charge is 0.297 e. The molecule has 6 aromatic rings. The van der Waals surface area contributed by atoms with Crippen molar-refractivity contribution >= 4 is 67.0 Å². The molecular weight excluding hydrogens is 1130 g/mol. The Morgan fingerprint density at radius 2 is 1.69 bits per heavy atom. The molecule has 7 aliphatic heterocycles. The molecule has 3 N–H and O–H groups in total. The average Bonchev–Trinajstić information content (AvgIpc) is 1.90. The van der Waals surface area contributed by atoms with Crippen LogP contribution in [0.4, 0.5) is 28.4 Å². The number of carbonyl (C=O) groups is 1. The quantitative estimate of drug-likeness (QED) is 0.0767. The van der Waals surface area contributed by atoms with Gasteiger partial charge >= 0.3 is 0 Å². The molecule has 22 heteroatoms. The molecule has 14 rings (SSSR count). The van der Waals surface area contributed by atoms with E-state index in [1.54, 1.807) is 6.07 Å². The molecule has 5 fully saturated rings. The summed E-state index contributed by atoms with van der Waals surface area (Å²) < 4.78 is 68.2. The number of hydrogen-bond acceptors (Lipinski definition) is 17. The van der Waals surface area contributed by atoms with Gasteiger partial charge in [-0.05, 0) is 131 Å². The largest absolute Gasteiger partial charge is 0.493 e. The number of para-hydroxylation sites is 1. The van der Waals surface area contributed by atoms with E-state index < -0.39 is 37.5 Å². The van der Waals surface area contributed by atoms with Crippen molar-refractivity contribution in [2.75, 3.05) is 87.5 Å². The summed E-state index contributed by atoms with van der Waals surface area (Å²) >= 11 is 6.71. The van der Waals surface area contributed by atoms with Gasteiger partial charge in [0.15, 0.2) is 11.4 Å². The van der Waals surface area contributed by atoms with E-state index in [0.717, 1.165) is 117 Å². The van der Waals surface area contributed by atoms with E-state index in [4.69, 9.17) is 45.0 Å². The number of nitro groups is 1. The van der Waals surface area contributed by atoms with E-state index in [-0.39, 0.29) is 71.8 Å². The molecule has 2 aromatic heterocycles. The minimum absolute atomic E-state index is 0.0227. The van der Waals surface area contributed by atoms with Gasteiger partial charge in [-0.3, -0.25) is 24.7 Å². The Balaban J connectivity index is 0.740. The lowest BCUT2D eigenvalue weighted by Crippen LogP contribution is -2.60. The van der Waals surface area contributed by atoms with Crippen LogP contribution >= 0.6 is 11.6 Å².